The van der Waals surface area contributed by atoms with E-state index in [2.05, 4.69) is 21.7 Å². The Morgan fingerprint density at radius 2 is 1.97 bits per heavy atom. The summed E-state index contributed by atoms with van der Waals surface area (Å²) in [7, 11) is 3.26. The van der Waals surface area contributed by atoms with Crippen LogP contribution in [0.1, 0.15) is 18.5 Å². The topological polar surface area (TPSA) is 100 Å². The number of primary amides is 1. The summed E-state index contributed by atoms with van der Waals surface area (Å²) in [6, 6.07) is 14.3. The molecule has 29 heavy (non-hydrogen) atoms. The molecule has 0 saturated heterocycles. The van der Waals surface area contributed by atoms with Crippen molar-refractivity contribution in [1.82, 2.24) is 20.5 Å². The van der Waals surface area contributed by atoms with E-state index in [4.69, 9.17) is 5.73 Å². The normalized spacial score (nSPS) is 12.9. The maximum atomic E-state index is 12.2. The third-order valence-electron chi connectivity index (χ3n) is 4.47. The van der Waals surface area contributed by atoms with Gasteiger partial charge in [-0.05, 0) is 36.8 Å². The van der Waals surface area contributed by atoms with Crippen LogP contribution >= 0.6 is 23.1 Å². The number of benzene rings is 2. The summed E-state index contributed by atoms with van der Waals surface area (Å²) in [5, 5.41) is 5.31. The summed E-state index contributed by atoms with van der Waals surface area (Å²) < 4.78 is 2.09. The van der Waals surface area contributed by atoms with Crippen LogP contribution in [-0.4, -0.2) is 42.1 Å². The lowest BCUT2D eigenvalue weighted by Gasteiger charge is -2.33. The summed E-state index contributed by atoms with van der Waals surface area (Å²) in [6.07, 6.45) is 0. The van der Waals surface area contributed by atoms with Crippen molar-refractivity contribution in [3.63, 3.8) is 0 Å². The van der Waals surface area contributed by atoms with E-state index in [1.165, 1.54) is 0 Å². The van der Waals surface area contributed by atoms with Crippen LogP contribution in [-0.2, 0) is 0 Å². The molecule has 0 bridgehead atoms. The van der Waals surface area contributed by atoms with Gasteiger partial charge in [0, 0.05) is 19.0 Å². The van der Waals surface area contributed by atoms with Crippen molar-refractivity contribution in [2.45, 2.75) is 28.2 Å². The van der Waals surface area contributed by atoms with E-state index in [0.717, 1.165) is 25.0 Å². The number of amides is 4. The molecule has 0 saturated carbocycles. The van der Waals surface area contributed by atoms with Crippen molar-refractivity contribution >= 4 is 45.4 Å². The number of hydrogen-bond acceptors (Lipinski definition) is 5. The van der Waals surface area contributed by atoms with E-state index < -0.39 is 12.1 Å². The molecule has 4 N–H and O–H groups in total. The van der Waals surface area contributed by atoms with Gasteiger partial charge in [0.15, 0.2) is 4.34 Å². The van der Waals surface area contributed by atoms with E-state index >= 15 is 0 Å². The summed E-state index contributed by atoms with van der Waals surface area (Å²) >= 11 is 3.21. The Balaban J connectivity index is 1.90. The number of carbonyl (C=O) groups is 2. The van der Waals surface area contributed by atoms with Gasteiger partial charge < -0.3 is 21.3 Å². The van der Waals surface area contributed by atoms with Crippen molar-refractivity contribution in [3.05, 3.63) is 54.1 Å². The van der Waals surface area contributed by atoms with Gasteiger partial charge in [0.25, 0.3) is 0 Å². The number of para-hydroxylation sites is 1. The number of nitrogens with zero attached hydrogens (tertiary/aromatic N) is 2. The SMILES string of the molecule is CNC(=O)N(C)C(c1cccc(Sc2nc3ccccc3s2)c1)C(C)NC(N)=O. The van der Waals surface area contributed by atoms with Gasteiger partial charge in [0.1, 0.15) is 0 Å². The molecule has 0 fully saturated rings. The highest BCUT2D eigenvalue weighted by Crippen LogP contribution is 2.36. The van der Waals surface area contributed by atoms with Crippen LogP contribution in [0.3, 0.4) is 0 Å². The first kappa shape index (κ1) is 20.9. The second-order valence-electron chi connectivity index (χ2n) is 6.53. The zero-order valence-electron chi connectivity index (χ0n) is 16.4. The van der Waals surface area contributed by atoms with Crippen LogP contribution in [0.2, 0.25) is 0 Å². The van der Waals surface area contributed by atoms with Crippen molar-refractivity contribution in [2.75, 3.05) is 14.1 Å². The molecule has 9 heteroatoms. The lowest BCUT2D eigenvalue weighted by Crippen LogP contribution is -2.48. The average molecular weight is 430 g/mol. The third kappa shape index (κ3) is 4.99. The molecule has 0 aliphatic heterocycles. The zero-order chi connectivity index (χ0) is 21.0. The Labute approximate surface area is 177 Å². The van der Waals surface area contributed by atoms with Gasteiger partial charge in [-0.15, -0.1) is 11.3 Å². The number of thiazole rings is 1. The maximum absolute atomic E-state index is 12.2. The molecule has 2 atom stereocenters. The fourth-order valence-corrected chi connectivity index (χ4v) is 5.32. The summed E-state index contributed by atoms with van der Waals surface area (Å²) in [4.78, 5) is 30.9. The summed E-state index contributed by atoms with van der Waals surface area (Å²) in [6.45, 7) is 1.82. The van der Waals surface area contributed by atoms with E-state index in [9.17, 15) is 9.59 Å². The first-order valence-electron chi connectivity index (χ1n) is 9.03. The highest BCUT2D eigenvalue weighted by molar-refractivity contribution is 8.01. The van der Waals surface area contributed by atoms with Crippen LogP contribution in [0.4, 0.5) is 9.59 Å². The molecular formula is C20H23N5O2S2. The number of fused-ring (bicyclic) bond motifs is 1. The van der Waals surface area contributed by atoms with Crippen molar-refractivity contribution in [2.24, 2.45) is 5.73 Å². The molecule has 0 spiro atoms. The average Bonchev–Trinajstić information content (AvgIpc) is 3.09. The molecule has 4 amide bonds. The second-order valence-corrected chi connectivity index (χ2v) is 8.88. The Kier molecular flexibility index (Phi) is 6.60. The molecule has 7 nitrogen and oxygen atoms in total. The number of aromatic nitrogens is 1. The fraction of sp³-hybridized carbons (Fsp3) is 0.250. The van der Waals surface area contributed by atoms with Crippen molar-refractivity contribution in [3.8, 4) is 0 Å². The molecule has 152 valence electrons. The number of rotatable bonds is 6. The van der Waals surface area contributed by atoms with Gasteiger partial charge in [-0.2, -0.15) is 0 Å². The molecular weight excluding hydrogens is 406 g/mol. The second kappa shape index (κ2) is 9.15. The Hall–Kier alpha value is -2.78. The Morgan fingerprint density at radius 1 is 1.21 bits per heavy atom. The van der Waals surface area contributed by atoms with Gasteiger partial charge in [-0.25, -0.2) is 14.6 Å². The van der Waals surface area contributed by atoms with Crippen LogP contribution < -0.4 is 16.4 Å². The standard InChI is InChI=1S/C20H23N5O2S2/c1-12(23-18(21)26)17(25(3)19(27)22-2)13-7-6-8-14(11-13)28-20-24-15-9-4-5-10-16(15)29-20/h4-12,17H,1-3H3,(H,22,27)(H3,21,23,26). The van der Waals surface area contributed by atoms with Crippen LogP contribution in [0, 0.1) is 0 Å². The molecule has 3 rings (SSSR count). The highest BCUT2D eigenvalue weighted by Gasteiger charge is 2.28. The minimum atomic E-state index is -0.632. The van der Waals surface area contributed by atoms with Gasteiger partial charge in [-0.1, -0.05) is 36.0 Å². The third-order valence-corrected chi connectivity index (χ3v) is 6.56. The predicted molar refractivity (Wildman–Crippen MR) is 117 cm³/mol. The predicted octanol–water partition coefficient (Wildman–Crippen LogP) is 3.82. The smallest absolute Gasteiger partial charge is 0.317 e. The summed E-state index contributed by atoms with van der Waals surface area (Å²) in [5.41, 5.74) is 7.18. The molecule has 0 radical (unpaired) electrons. The van der Waals surface area contributed by atoms with Gasteiger partial charge >= 0.3 is 12.1 Å². The number of hydrogen-bond donors (Lipinski definition) is 3. The van der Waals surface area contributed by atoms with E-state index in [1.807, 2.05) is 49.4 Å². The van der Waals surface area contributed by atoms with Crippen molar-refractivity contribution < 1.29 is 9.59 Å². The number of urea groups is 2. The van der Waals surface area contributed by atoms with E-state index in [-0.39, 0.29) is 12.1 Å². The molecule has 3 aromatic rings. The Bertz CT molecular complexity index is 990. The van der Waals surface area contributed by atoms with Gasteiger partial charge in [0.2, 0.25) is 0 Å². The summed E-state index contributed by atoms with van der Waals surface area (Å²) in [5.74, 6) is 0. The van der Waals surface area contributed by atoms with Crippen molar-refractivity contribution in [1.29, 1.82) is 0 Å². The zero-order valence-corrected chi connectivity index (χ0v) is 18.0. The van der Waals surface area contributed by atoms with Crippen LogP contribution in [0.25, 0.3) is 10.2 Å². The number of carbonyl (C=O) groups excluding carboxylic acids is 2. The largest absolute Gasteiger partial charge is 0.352 e. The Morgan fingerprint density at radius 3 is 2.66 bits per heavy atom. The molecule has 2 aromatic carbocycles. The van der Waals surface area contributed by atoms with Crippen LogP contribution in [0.15, 0.2) is 57.8 Å². The molecule has 1 heterocycles. The van der Waals surface area contributed by atoms with E-state index in [1.54, 1.807) is 42.1 Å². The van der Waals surface area contributed by atoms with E-state index in [0.29, 0.717) is 0 Å². The first-order valence-corrected chi connectivity index (χ1v) is 10.7. The van der Waals surface area contributed by atoms with Crippen LogP contribution in [0.5, 0.6) is 0 Å². The highest BCUT2D eigenvalue weighted by atomic mass is 32.2. The number of nitrogens with one attached hydrogen (secondary N) is 2. The number of likely N-dealkylation sites (N-methyl/N-ethyl adjacent to an activating group) is 1. The quantitative estimate of drug-likeness (QED) is 0.554. The molecule has 0 aliphatic carbocycles. The monoisotopic (exact) mass is 429 g/mol. The first-order chi connectivity index (χ1) is 13.9. The molecule has 2 unspecified atom stereocenters. The maximum Gasteiger partial charge on any atom is 0.317 e. The van der Waals surface area contributed by atoms with Gasteiger partial charge in [0.05, 0.1) is 22.3 Å². The minimum absolute atomic E-state index is 0.252. The molecule has 1 aromatic heterocycles. The molecule has 0 aliphatic rings. The van der Waals surface area contributed by atoms with Gasteiger partial charge in [-0.3, -0.25) is 0 Å². The number of nitrogens with two attached hydrogens (primary N) is 1. The lowest BCUT2D eigenvalue weighted by atomic mass is 9.99. The fourth-order valence-electron chi connectivity index (χ4n) is 3.21. The minimum Gasteiger partial charge on any atom is -0.352 e. The lowest BCUT2D eigenvalue weighted by molar-refractivity contribution is 0.178.